The molecular weight excluding hydrogens is 416 g/mol. The van der Waals surface area contributed by atoms with E-state index in [1.54, 1.807) is 0 Å². The lowest BCUT2D eigenvalue weighted by molar-refractivity contribution is 0.301. The van der Waals surface area contributed by atoms with Crippen LogP contribution in [0.5, 0.6) is 11.5 Å². The predicted molar refractivity (Wildman–Crippen MR) is 142 cm³/mol. The average Bonchev–Trinajstić information content (AvgIpc) is 2.84. The minimum absolute atomic E-state index is 0.544. The number of ether oxygens (including phenoxy) is 2. The molecule has 0 bridgehead atoms. The topological polar surface area (TPSA) is 18.5 Å². The summed E-state index contributed by atoms with van der Waals surface area (Å²) in [7, 11) is 0. The number of benzene rings is 5. The standard InChI is InChI=1S/C32H30O2/c1-21-5-13-29-23(3)31(15-11-27(29)17-21)33-19-25-7-9-26(10-8-25)20-34-32-16-12-28-18-22(2)6-14-30(28)24(32)4/h5-18H,19-20H2,1-4H3. The van der Waals surface area contributed by atoms with E-state index < -0.39 is 0 Å². The first kappa shape index (κ1) is 22.0. The van der Waals surface area contributed by atoms with E-state index in [2.05, 4.69) is 113 Å². The van der Waals surface area contributed by atoms with Crippen molar-refractivity contribution < 1.29 is 9.47 Å². The van der Waals surface area contributed by atoms with Crippen LogP contribution in [0.15, 0.2) is 84.9 Å². The highest BCUT2D eigenvalue weighted by Gasteiger charge is 2.07. The van der Waals surface area contributed by atoms with E-state index in [1.165, 1.54) is 43.8 Å². The summed E-state index contributed by atoms with van der Waals surface area (Å²) in [4.78, 5) is 0. The summed E-state index contributed by atoms with van der Waals surface area (Å²) in [5.74, 6) is 1.87. The molecule has 5 aromatic carbocycles. The molecule has 0 amide bonds. The van der Waals surface area contributed by atoms with Crippen LogP contribution in [0, 0.1) is 27.7 Å². The van der Waals surface area contributed by atoms with Crippen LogP contribution in [0.4, 0.5) is 0 Å². The van der Waals surface area contributed by atoms with Crippen molar-refractivity contribution in [1.82, 2.24) is 0 Å². The molecule has 0 aromatic heterocycles. The number of hydrogen-bond acceptors (Lipinski definition) is 2. The second kappa shape index (κ2) is 9.23. The lowest BCUT2D eigenvalue weighted by atomic mass is 10.0. The molecule has 0 fully saturated rings. The molecule has 0 saturated heterocycles. The third-order valence-electron chi connectivity index (χ3n) is 6.60. The summed E-state index contributed by atoms with van der Waals surface area (Å²) in [6.07, 6.45) is 0. The van der Waals surface area contributed by atoms with E-state index in [1.807, 2.05) is 0 Å². The minimum atomic E-state index is 0.544. The number of fused-ring (bicyclic) bond motifs is 2. The summed E-state index contributed by atoms with van der Waals surface area (Å²) >= 11 is 0. The maximum Gasteiger partial charge on any atom is 0.123 e. The third-order valence-corrected chi connectivity index (χ3v) is 6.60. The second-order valence-electron chi connectivity index (χ2n) is 9.22. The average molecular weight is 447 g/mol. The fraction of sp³-hybridized carbons (Fsp3) is 0.188. The number of hydrogen-bond donors (Lipinski definition) is 0. The first-order chi connectivity index (χ1) is 16.5. The Morgan fingerprint density at radius 2 is 0.882 bits per heavy atom. The molecule has 0 atom stereocenters. The van der Waals surface area contributed by atoms with Crippen LogP contribution < -0.4 is 9.47 Å². The zero-order valence-electron chi connectivity index (χ0n) is 20.3. The van der Waals surface area contributed by atoms with Crippen LogP contribution in [-0.4, -0.2) is 0 Å². The molecule has 5 rings (SSSR count). The third kappa shape index (κ3) is 4.49. The molecule has 0 radical (unpaired) electrons. The number of aryl methyl sites for hydroxylation is 4. The van der Waals surface area contributed by atoms with Crippen LogP contribution in [-0.2, 0) is 13.2 Å². The first-order valence-electron chi connectivity index (χ1n) is 11.8. The van der Waals surface area contributed by atoms with Crippen molar-refractivity contribution in [3.63, 3.8) is 0 Å². The Bertz CT molecular complexity index is 1370. The van der Waals surface area contributed by atoms with E-state index in [9.17, 15) is 0 Å². The second-order valence-corrected chi connectivity index (χ2v) is 9.22. The highest BCUT2D eigenvalue weighted by Crippen LogP contribution is 2.30. The van der Waals surface area contributed by atoms with Crippen LogP contribution in [0.2, 0.25) is 0 Å². The predicted octanol–water partition coefficient (Wildman–Crippen LogP) is 8.38. The van der Waals surface area contributed by atoms with Gasteiger partial charge in [0.05, 0.1) is 0 Å². The van der Waals surface area contributed by atoms with Gasteiger partial charge in [0.15, 0.2) is 0 Å². The van der Waals surface area contributed by atoms with Crippen molar-refractivity contribution in [3.05, 3.63) is 118 Å². The Morgan fingerprint density at radius 1 is 0.471 bits per heavy atom. The molecule has 5 aromatic rings. The van der Waals surface area contributed by atoms with Gasteiger partial charge in [-0.3, -0.25) is 0 Å². The smallest absolute Gasteiger partial charge is 0.123 e. The fourth-order valence-electron chi connectivity index (χ4n) is 4.54. The molecule has 0 heterocycles. The lowest BCUT2D eigenvalue weighted by Crippen LogP contribution is -2.00. The van der Waals surface area contributed by atoms with Crippen molar-refractivity contribution in [1.29, 1.82) is 0 Å². The molecule has 0 aliphatic rings. The van der Waals surface area contributed by atoms with Crippen LogP contribution in [0.3, 0.4) is 0 Å². The maximum atomic E-state index is 6.16. The highest BCUT2D eigenvalue weighted by atomic mass is 16.5. The molecule has 0 aliphatic carbocycles. The molecule has 2 nitrogen and oxygen atoms in total. The van der Waals surface area contributed by atoms with E-state index in [0.29, 0.717) is 13.2 Å². The van der Waals surface area contributed by atoms with Crippen molar-refractivity contribution in [2.24, 2.45) is 0 Å². The van der Waals surface area contributed by atoms with Gasteiger partial charge in [-0.2, -0.15) is 0 Å². The fourth-order valence-corrected chi connectivity index (χ4v) is 4.54. The Hall–Kier alpha value is -3.78. The molecule has 0 saturated carbocycles. The molecule has 170 valence electrons. The lowest BCUT2D eigenvalue weighted by Gasteiger charge is -2.13. The van der Waals surface area contributed by atoms with Crippen LogP contribution >= 0.6 is 0 Å². The molecule has 2 heteroatoms. The van der Waals surface area contributed by atoms with Crippen molar-refractivity contribution in [2.75, 3.05) is 0 Å². The van der Waals surface area contributed by atoms with Crippen molar-refractivity contribution in [3.8, 4) is 11.5 Å². The molecular formula is C32H30O2. The summed E-state index contributed by atoms with van der Waals surface area (Å²) < 4.78 is 12.3. The Morgan fingerprint density at radius 3 is 1.29 bits per heavy atom. The van der Waals surface area contributed by atoms with Crippen LogP contribution in [0.25, 0.3) is 21.5 Å². The van der Waals surface area contributed by atoms with Gasteiger partial charge in [0, 0.05) is 0 Å². The van der Waals surface area contributed by atoms with Gasteiger partial charge in [-0.25, -0.2) is 0 Å². The van der Waals surface area contributed by atoms with Gasteiger partial charge in [0.1, 0.15) is 24.7 Å². The zero-order valence-corrected chi connectivity index (χ0v) is 20.3. The van der Waals surface area contributed by atoms with E-state index in [-0.39, 0.29) is 0 Å². The van der Waals surface area contributed by atoms with E-state index >= 15 is 0 Å². The summed E-state index contributed by atoms with van der Waals surface area (Å²) in [6, 6.07) is 30.0. The van der Waals surface area contributed by atoms with Gasteiger partial charge in [-0.15, -0.1) is 0 Å². The molecule has 34 heavy (non-hydrogen) atoms. The normalized spacial score (nSPS) is 11.2. The SMILES string of the molecule is Cc1ccc2c(C)c(OCc3ccc(COc4ccc5cc(C)ccc5c4C)cc3)ccc2c1. The Kier molecular flexibility index (Phi) is 5.98. The molecule has 0 unspecified atom stereocenters. The van der Waals surface area contributed by atoms with Gasteiger partial charge < -0.3 is 9.47 Å². The van der Waals surface area contributed by atoms with E-state index in [0.717, 1.165) is 22.6 Å². The monoisotopic (exact) mass is 446 g/mol. The summed E-state index contributed by atoms with van der Waals surface area (Å²) in [5.41, 5.74) is 7.20. The van der Waals surface area contributed by atoms with Gasteiger partial charge in [0.25, 0.3) is 0 Å². The van der Waals surface area contributed by atoms with Gasteiger partial charge in [-0.1, -0.05) is 83.9 Å². The summed E-state index contributed by atoms with van der Waals surface area (Å²) in [6.45, 7) is 9.59. The molecule has 0 N–H and O–H groups in total. The van der Waals surface area contributed by atoms with E-state index in [4.69, 9.17) is 9.47 Å². The van der Waals surface area contributed by atoms with Crippen LogP contribution in [0.1, 0.15) is 33.4 Å². The van der Waals surface area contributed by atoms with Crippen molar-refractivity contribution in [2.45, 2.75) is 40.9 Å². The minimum Gasteiger partial charge on any atom is -0.489 e. The first-order valence-corrected chi connectivity index (χ1v) is 11.8. The van der Waals surface area contributed by atoms with Gasteiger partial charge >= 0.3 is 0 Å². The molecule has 0 spiro atoms. The quantitative estimate of drug-likeness (QED) is 0.261. The Balaban J connectivity index is 1.23. The van der Waals surface area contributed by atoms with Crippen molar-refractivity contribution >= 4 is 21.5 Å². The van der Waals surface area contributed by atoms with Gasteiger partial charge in [0.2, 0.25) is 0 Å². The maximum absolute atomic E-state index is 6.16. The number of rotatable bonds is 6. The largest absolute Gasteiger partial charge is 0.489 e. The summed E-state index contributed by atoms with van der Waals surface area (Å²) in [5, 5.41) is 5.00. The molecule has 0 aliphatic heterocycles. The Labute approximate surface area is 201 Å². The highest BCUT2D eigenvalue weighted by molar-refractivity contribution is 5.88. The zero-order chi connectivity index (χ0) is 23.7. The van der Waals surface area contributed by atoms with Gasteiger partial charge in [-0.05, 0) is 83.6 Å².